The van der Waals surface area contributed by atoms with E-state index in [1.165, 1.54) is 17.0 Å². The fourth-order valence-corrected chi connectivity index (χ4v) is 1.99. The van der Waals surface area contributed by atoms with Crippen molar-refractivity contribution >= 4 is 11.3 Å². The van der Waals surface area contributed by atoms with Gasteiger partial charge in [0, 0.05) is 4.88 Å². The van der Waals surface area contributed by atoms with Crippen molar-refractivity contribution in [1.29, 1.82) is 0 Å². The van der Waals surface area contributed by atoms with Crippen LogP contribution in [0.25, 0.3) is 11.1 Å². The molecule has 0 aliphatic carbocycles. The molecule has 0 radical (unpaired) electrons. The largest absolute Gasteiger partial charge is 0.505 e. The third-order valence-corrected chi connectivity index (χ3v) is 2.87. The van der Waals surface area contributed by atoms with E-state index in [4.69, 9.17) is 5.11 Å². The van der Waals surface area contributed by atoms with Crippen LogP contribution in [0.4, 0.5) is 4.39 Å². The third kappa shape index (κ3) is 1.63. The smallest absolute Gasteiger partial charge is 0.165 e. The van der Waals surface area contributed by atoms with Crippen molar-refractivity contribution in [3.05, 3.63) is 40.3 Å². The number of aryl methyl sites for hydroxylation is 1. The van der Waals surface area contributed by atoms with Crippen LogP contribution in [0.15, 0.2) is 29.6 Å². The molecule has 0 bridgehead atoms. The molecule has 1 aromatic heterocycles. The molecule has 14 heavy (non-hydrogen) atoms. The van der Waals surface area contributed by atoms with Gasteiger partial charge in [-0.3, -0.25) is 0 Å². The summed E-state index contributed by atoms with van der Waals surface area (Å²) in [7, 11) is 0. The standard InChI is InChI=1S/C11H9FOS/c1-7-4-9(6-14-7)8-2-3-11(13)10(12)5-8/h2-6,13H,1H3. The maximum Gasteiger partial charge on any atom is 0.165 e. The van der Waals surface area contributed by atoms with Gasteiger partial charge in [0.2, 0.25) is 0 Å². The fourth-order valence-electron chi connectivity index (χ4n) is 1.28. The van der Waals surface area contributed by atoms with E-state index in [1.54, 1.807) is 17.4 Å². The highest BCUT2D eigenvalue weighted by atomic mass is 32.1. The molecule has 1 aromatic carbocycles. The first kappa shape index (κ1) is 9.21. The molecule has 1 nitrogen and oxygen atoms in total. The summed E-state index contributed by atoms with van der Waals surface area (Å²) in [5.74, 6) is -0.882. The summed E-state index contributed by atoms with van der Waals surface area (Å²) in [6, 6.07) is 6.42. The molecule has 0 saturated carbocycles. The summed E-state index contributed by atoms with van der Waals surface area (Å²) < 4.78 is 13.0. The third-order valence-electron chi connectivity index (χ3n) is 2.01. The zero-order valence-corrected chi connectivity index (χ0v) is 8.44. The number of benzene rings is 1. The Labute approximate surface area is 85.5 Å². The van der Waals surface area contributed by atoms with Crippen molar-refractivity contribution in [2.75, 3.05) is 0 Å². The molecule has 2 rings (SSSR count). The second-order valence-electron chi connectivity index (χ2n) is 3.11. The molecule has 0 aliphatic rings. The topological polar surface area (TPSA) is 20.2 Å². The van der Waals surface area contributed by atoms with E-state index in [2.05, 4.69) is 0 Å². The van der Waals surface area contributed by atoms with Crippen LogP contribution in [0.3, 0.4) is 0 Å². The maximum absolute atomic E-state index is 13.0. The normalized spacial score (nSPS) is 10.4. The Morgan fingerprint density at radius 2 is 2.00 bits per heavy atom. The van der Waals surface area contributed by atoms with Crippen molar-refractivity contribution < 1.29 is 9.50 Å². The highest BCUT2D eigenvalue weighted by molar-refractivity contribution is 7.10. The zero-order valence-electron chi connectivity index (χ0n) is 7.62. The van der Waals surface area contributed by atoms with Crippen LogP contribution in [-0.4, -0.2) is 5.11 Å². The van der Waals surface area contributed by atoms with Gasteiger partial charge in [-0.1, -0.05) is 6.07 Å². The van der Waals surface area contributed by atoms with Gasteiger partial charge in [-0.15, -0.1) is 11.3 Å². The van der Waals surface area contributed by atoms with Crippen LogP contribution in [-0.2, 0) is 0 Å². The van der Waals surface area contributed by atoms with Gasteiger partial charge in [0.15, 0.2) is 11.6 Å². The van der Waals surface area contributed by atoms with E-state index < -0.39 is 5.82 Å². The summed E-state index contributed by atoms with van der Waals surface area (Å²) in [5, 5.41) is 11.0. The molecule has 0 aliphatic heterocycles. The van der Waals surface area contributed by atoms with Gasteiger partial charge < -0.3 is 5.11 Å². The molecule has 1 heterocycles. The first-order valence-corrected chi connectivity index (χ1v) is 5.09. The van der Waals surface area contributed by atoms with Crippen molar-refractivity contribution in [2.24, 2.45) is 0 Å². The summed E-state index contributed by atoms with van der Waals surface area (Å²) in [6.45, 7) is 2.00. The van der Waals surface area contributed by atoms with Crippen LogP contribution in [0.2, 0.25) is 0 Å². The Balaban J connectivity index is 2.47. The first-order valence-electron chi connectivity index (χ1n) is 4.21. The number of halogens is 1. The number of hydrogen-bond donors (Lipinski definition) is 1. The first-order chi connectivity index (χ1) is 6.66. The number of aromatic hydroxyl groups is 1. The summed E-state index contributed by atoms with van der Waals surface area (Å²) in [6.07, 6.45) is 0. The zero-order chi connectivity index (χ0) is 10.1. The Bertz CT molecular complexity index is 462. The molecule has 0 amide bonds. The average Bonchev–Trinajstić information content (AvgIpc) is 2.57. The number of hydrogen-bond acceptors (Lipinski definition) is 2. The summed E-state index contributed by atoms with van der Waals surface area (Å²) >= 11 is 1.62. The Morgan fingerprint density at radius 1 is 1.21 bits per heavy atom. The minimum absolute atomic E-state index is 0.305. The minimum atomic E-state index is -0.577. The lowest BCUT2D eigenvalue weighted by Crippen LogP contribution is -1.78. The highest BCUT2D eigenvalue weighted by Crippen LogP contribution is 2.28. The van der Waals surface area contributed by atoms with E-state index in [0.29, 0.717) is 0 Å². The van der Waals surface area contributed by atoms with Crippen LogP contribution in [0.5, 0.6) is 5.75 Å². The van der Waals surface area contributed by atoms with Crippen molar-refractivity contribution in [1.82, 2.24) is 0 Å². The lowest BCUT2D eigenvalue weighted by molar-refractivity contribution is 0.432. The predicted octanol–water partition coefficient (Wildman–Crippen LogP) is 3.57. The number of phenols is 1. The highest BCUT2D eigenvalue weighted by Gasteiger charge is 2.04. The van der Waals surface area contributed by atoms with E-state index in [9.17, 15) is 4.39 Å². The Hall–Kier alpha value is -1.35. The van der Waals surface area contributed by atoms with E-state index in [0.717, 1.165) is 11.1 Å². The second-order valence-corrected chi connectivity index (χ2v) is 4.23. The van der Waals surface area contributed by atoms with Crippen LogP contribution >= 0.6 is 11.3 Å². The molecule has 0 fully saturated rings. The van der Waals surface area contributed by atoms with Gasteiger partial charge in [0.05, 0.1) is 0 Å². The quantitative estimate of drug-likeness (QED) is 0.759. The molecule has 1 N–H and O–H groups in total. The second kappa shape index (κ2) is 3.42. The molecule has 72 valence electrons. The number of thiophene rings is 1. The number of rotatable bonds is 1. The van der Waals surface area contributed by atoms with Gasteiger partial charge in [0.1, 0.15) is 0 Å². The predicted molar refractivity (Wildman–Crippen MR) is 56.1 cm³/mol. The molecule has 2 aromatic rings. The monoisotopic (exact) mass is 208 g/mol. The van der Waals surface area contributed by atoms with E-state index in [-0.39, 0.29) is 5.75 Å². The maximum atomic E-state index is 13.0. The molecular formula is C11H9FOS. The van der Waals surface area contributed by atoms with Gasteiger partial charge in [0.25, 0.3) is 0 Å². The van der Waals surface area contributed by atoms with Crippen molar-refractivity contribution in [2.45, 2.75) is 6.92 Å². The molecule has 0 spiro atoms. The molecule has 0 unspecified atom stereocenters. The lowest BCUT2D eigenvalue weighted by atomic mass is 10.1. The minimum Gasteiger partial charge on any atom is -0.505 e. The fraction of sp³-hybridized carbons (Fsp3) is 0.0909. The van der Waals surface area contributed by atoms with Gasteiger partial charge in [-0.25, -0.2) is 4.39 Å². The molecular weight excluding hydrogens is 199 g/mol. The van der Waals surface area contributed by atoms with E-state index >= 15 is 0 Å². The van der Waals surface area contributed by atoms with Gasteiger partial charge in [-0.2, -0.15) is 0 Å². The average molecular weight is 208 g/mol. The van der Waals surface area contributed by atoms with Crippen LogP contribution in [0.1, 0.15) is 4.88 Å². The van der Waals surface area contributed by atoms with Crippen molar-refractivity contribution in [3.8, 4) is 16.9 Å². The van der Waals surface area contributed by atoms with Crippen LogP contribution in [0, 0.1) is 12.7 Å². The van der Waals surface area contributed by atoms with Crippen LogP contribution < -0.4 is 0 Å². The summed E-state index contributed by atoms with van der Waals surface area (Å²) in [5.41, 5.74) is 1.79. The van der Waals surface area contributed by atoms with E-state index in [1.807, 2.05) is 18.4 Å². The number of phenolic OH excluding ortho intramolecular Hbond substituents is 1. The Kier molecular flexibility index (Phi) is 2.25. The molecule has 3 heteroatoms. The van der Waals surface area contributed by atoms with Gasteiger partial charge >= 0.3 is 0 Å². The summed E-state index contributed by atoms with van der Waals surface area (Å²) in [4.78, 5) is 1.19. The van der Waals surface area contributed by atoms with Gasteiger partial charge in [-0.05, 0) is 41.6 Å². The lowest BCUT2D eigenvalue weighted by Gasteiger charge is -1.99. The molecule has 0 atom stereocenters. The SMILES string of the molecule is Cc1cc(-c2ccc(O)c(F)c2)cs1. The molecule has 0 saturated heterocycles. The Morgan fingerprint density at radius 3 is 2.57 bits per heavy atom. The van der Waals surface area contributed by atoms with Crippen molar-refractivity contribution in [3.63, 3.8) is 0 Å².